The van der Waals surface area contributed by atoms with Crippen molar-refractivity contribution in [2.24, 2.45) is 40.9 Å². The summed E-state index contributed by atoms with van der Waals surface area (Å²) in [4.78, 5) is 25.4. The van der Waals surface area contributed by atoms with Crippen molar-refractivity contribution >= 4 is 12.0 Å². The van der Waals surface area contributed by atoms with Crippen LogP contribution < -0.4 is 10.6 Å². The van der Waals surface area contributed by atoms with Crippen molar-refractivity contribution in [1.29, 1.82) is 0 Å². The molecule has 2 N–H and O–H groups in total. The molecule has 8 aliphatic rings. The molecule has 0 aromatic heterocycles. The molecule has 8 bridgehead atoms. The summed E-state index contributed by atoms with van der Waals surface area (Å²) in [5.41, 5.74) is 0.722. The number of urea groups is 1. The van der Waals surface area contributed by atoms with Crippen molar-refractivity contribution < 1.29 is 14.3 Å². The number of amides is 2. The van der Waals surface area contributed by atoms with Crippen LogP contribution in [0, 0.1) is 40.9 Å². The van der Waals surface area contributed by atoms with Gasteiger partial charge in [-0.05, 0) is 131 Å². The Bertz CT molecular complexity index is 798. The number of carbonyl (C=O) groups excluding carboxylic acids is 2. The van der Waals surface area contributed by atoms with Crippen LogP contribution in [0.3, 0.4) is 0 Å². The van der Waals surface area contributed by atoms with Gasteiger partial charge in [0.1, 0.15) is 6.04 Å². The summed E-state index contributed by atoms with van der Waals surface area (Å²) in [6.07, 6.45) is 29.2. The summed E-state index contributed by atoms with van der Waals surface area (Å²) in [6, 6.07) is -0.700. The molecule has 5 nitrogen and oxygen atoms in total. The molecule has 1 atom stereocenters. The van der Waals surface area contributed by atoms with Crippen LogP contribution >= 0.6 is 0 Å². The van der Waals surface area contributed by atoms with Crippen molar-refractivity contribution in [3.8, 4) is 0 Å². The van der Waals surface area contributed by atoms with Crippen LogP contribution in [-0.4, -0.2) is 30.7 Å². The fourth-order valence-electron chi connectivity index (χ4n) is 11.6. The first-order valence-corrected chi connectivity index (χ1v) is 17.1. The first kappa shape index (κ1) is 27.9. The van der Waals surface area contributed by atoms with Gasteiger partial charge in [0, 0.05) is 5.54 Å². The van der Waals surface area contributed by atoms with Crippen molar-refractivity contribution in [2.75, 3.05) is 7.11 Å². The van der Waals surface area contributed by atoms with Gasteiger partial charge in [-0.3, -0.25) is 0 Å². The number of nitrogens with one attached hydrogen (secondary N) is 2. The zero-order chi connectivity index (χ0) is 26.9. The van der Waals surface area contributed by atoms with Crippen LogP contribution in [0.2, 0.25) is 0 Å². The molecule has 0 radical (unpaired) electrons. The maximum absolute atomic E-state index is 13.0. The van der Waals surface area contributed by atoms with E-state index in [2.05, 4.69) is 10.6 Å². The lowest BCUT2D eigenvalue weighted by Crippen LogP contribution is -2.62. The van der Waals surface area contributed by atoms with E-state index in [1.165, 1.54) is 71.3 Å². The van der Waals surface area contributed by atoms with Gasteiger partial charge in [-0.15, -0.1) is 0 Å². The van der Waals surface area contributed by atoms with Crippen LogP contribution in [0.1, 0.15) is 141 Å². The lowest BCUT2D eigenvalue weighted by Gasteiger charge is -2.57. The van der Waals surface area contributed by atoms with E-state index in [9.17, 15) is 9.59 Å². The van der Waals surface area contributed by atoms with Gasteiger partial charge in [0.15, 0.2) is 0 Å². The molecule has 0 aromatic carbocycles. The van der Waals surface area contributed by atoms with Gasteiger partial charge in [0.25, 0.3) is 0 Å². The molecular weight excluding hydrogens is 484 g/mol. The summed E-state index contributed by atoms with van der Waals surface area (Å²) < 4.78 is 5.04. The number of hydrogen-bond donors (Lipinski definition) is 2. The molecule has 0 aliphatic heterocycles. The van der Waals surface area contributed by atoms with Crippen molar-refractivity contribution in [3.63, 3.8) is 0 Å². The molecule has 8 fully saturated rings. The molecule has 8 rings (SSSR count). The number of carbonyl (C=O) groups is 2. The van der Waals surface area contributed by atoms with Gasteiger partial charge in [-0.1, -0.05) is 51.4 Å². The number of esters is 1. The quantitative estimate of drug-likeness (QED) is 0.174. The Morgan fingerprint density at radius 2 is 1.10 bits per heavy atom. The van der Waals surface area contributed by atoms with E-state index in [-0.39, 0.29) is 17.5 Å². The fraction of sp³-hybridized carbons (Fsp3) is 0.941. The molecule has 8 saturated carbocycles. The first-order chi connectivity index (χ1) is 18.9. The number of ether oxygens (including phenoxy) is 1. The topological polar surface area (TPSA) is 67.4 Å². The van der Waals surface area contributed by atoms with Gasteiger partial charge in [0.2, 0.25) is 0 Å². The standard InChI is InChI=1S/C34H56N2O3/c1-39-31(37)30(35-32(38)36-34-21-27-15-28(22-34)17-29(16-27)23-34)10-8-6-4-2-3-5-7-9-11-33-18-24-12-25(19-33)14-26(13-24)20-33/h24-30H,2-23H2,1H3,(H2,35,36,38). The Labute approximate surface area is 237 Å². The Kier molecular flexibility index (Phi) is 8.53. The fourth-order valence-corrected chi connectivity index (χ4v) is 11.6. The lowest BCUT2D eigenvalue weighted by atomic mass is 9.48. The Morgan fingerprint density at radius 3 is 1.59 bits per heavy atom. The second-order valence-electron chi connectivity index (χ2n) is 15.7. The van der Waals surface area contributed by atoms with E-state index in [0.717, 1.165) is 73.0 Å². The molecule has 8 aliphatic carbocycles. The zero-order valence-corrected chi connectivity index (χ0v) is 24.8. The molecule has 1 unspecified atom stereocenters. The number of methoxy groups -OCH3 is 1. The van der Waals surface area contributed by atoms with Crippen molar-refractivity contribution in [3.05, 3.63) is 0 Å². The van der Waals surface area contributed by atoms with E-state index in [1.807, 2.05) is 0 Å². The predicted octanol–water partition coefficient (Wildman–Crippen LogP) is 7.91. The average Bonchev–Trinajstić information content (AvgIpc) is 2.86. The molecule has 0 aromatic rings. The van der Waals surface area contributed by atoms with Crippen LogP contribution in [-0.2, 0) is 9.53 Å². The summed E-state index contributed by atoms with van der Waals surface area (Å²) in [7, 11) is 1.43. The van der Waals surface area contributed by atoms with Crippen molar-refractivity contribution in [2.45, 2.75) is 153 Å². The third kappa shape index (κ3) is 6.64. The van der Waals surface area contributed by atoms with Gasteiger partial charge in [-0.25, -0.2) is 9.59 Å². The van der Waals surface area contributed by atoms with E-state index < -0.39 is 6.04 Å². The van der Waals surface area contributed by atoms with Crippen molar-refractivity contribution in [1.82, 2.24) is 10.6 Å². The molecule has 0 heterocycles. The van der Waals surface area contributed by atoms with Gasteiger partial charge in [0.05, 0.1) is 7.11 Å². The minimum atomic E-state index is -0.534. The Balaban J connectivity index is 0.829. The van der Waals surface area contributed by atoms with Crippen LogP contribution in [0.5, 0.6) is 0 Å². The minimum absolute atomic E-state index is 0.0330. The zero-order valence-electron chi connectivity index (χ0n) is 24.8. The molecule has 5 heteroatoms. The summed E-state index contributed by atoms with van der Waals surface area (Å²) in [5.74, 6) is 5.30. The second-order valence-corrected chi connectivity index (χ2v) is 15.7. The highest BCUT2D eigenvalue weighted by molar-refractivity contribution is 5.83. The van der Waals surface area contributed by atoms with E-state index in [4.69, 9.17) is 4.74 Å². The monoisotopic (exact) mass is 540 g/mol. The highest BCUT2D eigenvalue weighted by Gasteiger charge is 2.52. The predicted molar refractivity (Wildman–Crippen MR) is 155 cm³/mol. The smallest absolute Gasteiger partial charge is 0.328 e. The van der Waals surface area contributed by atoms with E-state index in [0.29, 0.717) is 6.42 Å². The van der Waals surface area contributed by atoms with Gasteiger partial charge >= 0.3 is 12.0 Å². The highest BCUT2D eigenvalue weighted by atomic mass is 16.5. The number of rotatable bonds is 14. The number of unbranched alkanes of at least 4 members (excludes halogenated alkanes) is 7. The van der Waals surface area contributed by atoms with Crippen LogP contribution in [0.4, 0.5) is 4.79 Å². The number of hydrogen-bond acceptors (Lipinski definition) is 3. The summed E-state index contributed by atoms with van der Waals surface area (Å²) in [5, 5.41) is 6.34. The normalized spacial score (nSPS) is 40.0. The molecule has 0 saturated heterocycles. The molecule has 2 amide bonds. The van der Waals surface area contributed by atoms with Crippen LogP contribution in [0.15, 0.2) is 0 Å². The van der Waals surface area contributed by atoms with Gasteiger partial charge in [-0.2, -0.15) is 0 Å². The first-order valence-electron chi connectivity index (χ1n) is 17.1. The highest BCUT2D eigenvalue weighted by Crippen LogP contribution is 2.61. The largest absolute Gasteiger partial charge is 0.467 e. The van der Waals surface area contributed by atoms with Crippen LogP contribution in [0.25, 0.3) is 0 Å². The molecule has 220 valence electrons. The molecule has 39 heavy (non-hydrogen) atoms. The lowest BCUT2D eigenvalue weighted by molar-refractivity contribution is -0.143. The second kappa shape index (κ2) is 11.9. The third-order valence-corrected chi connectivity index (χ3v) is 12.3. The molecular formula is C34H56N2O3. The maximum atomic E-state index is 13.0. The summed E-state index contributed by atoms with van der Waals surface area (Å²) in [6.45, 7) is 0. The van der Waals surface area contributed by atoms with E-state index >= 15 is 0 Å². The van der Waals surface area contributed by atoms with E-state index in [1.54, 1.807) is 38.5 Å². The third-order valence-electron chi connectivity index (χ3n) is 12.3. The molecule has 0 spiro atoms. The Morgan fingerprint density at radius 1 is 0.667 bits per heavy atom. The maximum Gasteiger partial charge on any atom is 0.328 e. The Hall–Kier alpha value is -1.26. The SMILES string of the molecule is COC(=O)C(CCCCCCCCCCC12CC3CC(CC(C3)C1)C2)NC(=O)NC12CC3CC(CC(C3)C1)C2. The average molecular weight is 541 g/mol. The summed E-state index contributed by atoms with van der Waals surface area (Å²) >= 11 is 0. The minimum Gasteiger partial charge on any atom is -0.467 e. The van der Waals surface area contributed by atoms with Gasteiger partial charge < -0.3 is 15.4 Å².